The predicted molar refractivity (Wildman–Crippen MR) is 75.3 cm³/mol. The largest absolute Gasteiger partial charge is 0.469 e. The van der Waals surface area contributed by atoms with Crippen LogP contribution in [0.2, 0.25) is 10.0 Å². The molecule has 0 aliphatic rings. The van der Waals surface area contributed by atoms with Gasteiger partial charge in [-0.15, -0.1) is 0 Å². The third-order valence-electron chi connectivity index (χ3n) is 2.64. The Bertz CT molecular complexity index is 522. The molecule has 0 bridgehead atoms. The van der Waals surface area contributed by atoms with Crippen molar-refractivity contribution in [3.63, 3.8) is 0 Å². The first-order chi connectivity index (χ1) is 8.08. The third kappa shape index (κ3) is 3.06. The summed E-state index contributed by atoms with van der Waals surface area (Å²) < 4.78 is 5.29. The molecule has 1 atom stereocenters. The first-order valence-electron chi connectivity index (χ1n) is 5.20. The molecule has 2 rings (SSSR count). The summed E-state index contributed by atoms with van der Waals surface area (Å²) in [5.74, 6) is 0.937. The fourth-order valence-electron chi connectivity index (χ4n) is 1.70. The van der Waals surface area contributed by atoms with Gasteiger partial charge in [0, 0.05) is 10.4 Å². The fourth-order valence-corrected chi connectivity index (χ4v) is 2.87. The van der Waals surface area contributed by atoms with E-state index in [0.29, 0.717) is 10.0 Å². The highest BCUT2D eigenvalue weighted by molar-refractivity contribution is 9.09. The van der Waals surface area contributed by atoms with Crippen LogP contribution in [0.3, 0.4) is 0 Å². The average molecular weight is 334 g/mol. The lowest BCUT2D eigenvalue weighted by Crippen LogP contribution is -1.95. The van der Waals surface area contributed by atoms with Crippen LogP contribution in [0.25, 0.3) is 0 Å². The monoisotopic (exact) mass is 332 g/mol. The zero-order chi connectivity index (χ0) is 12.4. The van der Waals surface area contributed by atoms with E-state index in [1.165, 1.54) is 0 Å². The van der Waals surface area contributed by atoms with Crippen LogP contribution < -0.4 is 0 Å². The molecular formula is C13H11BrCl2O. The summed E-state index contributed by atoms with van der Waals surface area (Å²) in [5.41, 5.74) is 2.30. The van der Waals surface area contributed by atoms with Gasteiger partial charge in [-0.3, -0.25) is 0 Å². The number of furan rings is 1. The molecular weight excluding hydrogens is 323 g/mol. The van der Waals surface area contributed by atoms with Gasteiger partial charge in [-0.2, -0.15) is 0 Å². The number of hydrogen-bond donors (Lipinski definition) is 0. The molecule has 0 fully saturated rings. The maximum atomic E-state index is 5.99. The second kappa shape index (κ2) is 5.47. The fraction of sp³-hybridized carbons (Fsp3) is 0.231. The van der Waals surface area contributed by atoms with Crippen molar-refractivity contribution in [3.8, 4) is 0 Å². The topological polar surface area (TPSA) is 13.1 Å². The van der Waals surface area contributed by atoms with Crippen LogP contribution >= 0.6 is 39.1 Å². The lowest BCUT2D eigenvalue weighted by atomic mass is 10.1. The molecule has 0 saturated heterocycles. The normalized spacial score (nSPS) is 12.7. The van der Waals surface area contributed by atoms with Gasteiger partial charge in [-0.25, -0.2) is 0 Å². The number of alkyl halides is 1. The number of aryl methyl sites for hydroxylation is 1. The van der Waals surface area contributed by atoms with E-state index in [4.69, 9.17) is 27.6 Å². The first kappa shape index (κ1) is 13.0. The Morgan fingerprint density at radius 1 is 1.24 bits per heavy atom. The Balaban J connectivity index is 2.16. The van der Waals surface area contributed by atoms with Crippen LogP contribution in [-0.2, 0) is 6.42 Å². The number of benzene rings is 1. The Labute approximate surface area is 119 Å². The van der Waals surface area contributed by atoms with Crippen LogP contribution in [0.5, 0.6) is 0 Å². The molecule has 90 valence electrons. The minimum Gasteiger partial charge on any atom is -0.469 e. The Morgan fingerprint density at radius 2 is 2.00 bits per heavy atom. The van der Waals surface area contributed by atoms with E-state index in [2.05, 4.69) is 15.9 Å². The molecule has 0 N–H and O–H groups in total. The zero-order valence-corrected chi connectivity index (χ0v) is 12.3. The highest BCUT2D eigenvalue weighted by Crippen LogP contribution is 2.31. The van der Waals surface area contributed by atoms with Crippen molar-refractivity contribution < 1.29 is 4.42 Å². The first-order valence-corrected chi connectivity index (χ1v) is 6.87. The van der Waals surface area contributed by atoms with Gasteiger partial charge in [0.2, 0.25) is 0 Å². The van der Waals surface area contributed by atoms with E-state index in [-0.39, 0.29) is 4.83 Å². The van der Waals surface area contributed by atoms with Crippen molar-refractivity contribution in [2.24, 2.45) is 0 Å². The molecule has 2 aromatic rings. The SMILES string of the molecule is Cc1occc1C(Br)Cc1ccc(Cl)c(Cl)c1. The molecule has 0 aliphatic carbocycles. The van der Waals surface area contributed by atoms with Crippen molar-refractivity contribution in [3.05, 3.63) is 57.5 Å². The summed E-state index contributed by atoms with van der Waals surface area (Å²) in [6, 6.07) is 7.68. The highest BCUT2D eigenvalue weighted by Gasteiger charge is 2.13. The minimum absolute atomic E-state index is 0.221. The van der Waals surface area contributed by atoms with Crippen molar-refractivity contribution in [1.82, 2.24) is 0 Å². The van der Waals surface area contributed by atoms with E-state index >= 15 is 0 Å². The maximum absolute atomic E-state index is 5.99. The average Bonchev–Trinajstić information content (AvgIpc) is 2.70. The molecule has 17 heavy (non-hydrogen) atoms. The van der Waals surface area contributed by atoms with Crippen molar-refractivity contribution in [2.75, 3.05) is 0 Å². The van der Waals surface area contributed by atoms with Crippen LogP contribution in [0, 0.1) is 6.92 Å². The summed E-state index contributed by atoms with van der Waals surface area (Å²) in [7, 11) is 0. The van der Waals surface area contributed by atoms with Gasteiger partial charge in [-0.1, -0.05) is 45.2 Å². The third-order valence-corrected chi connectivity index (χ3v) is 4.19. The van der Waals surface area contributed by atoms with Crippen molar-refractivity contribution in [1.29, 1.82) is 0 Å². The standard InChI is InChI=1S/C13H11BrCl2O/c1-8-10(4-5-17-8)11(14)6-9-2-3-12(15)13(16)7-9/h2-5,7,11H,6H2,1H3. The Hall–Kier alpha value is -0.440. The Kier molecular flexibility index (Phi) is 4.18. The smallest absolute Gasteiger partial charge is 0.105 e. The molecule has 1 unspecified atom stereocenters. The zero-order valence-electron chi connectivity index (χ0n) is 9.21. The van der Waals surface area contributed by atoms with Gasteiger partial charge in [0.15, 0.2) is 0 Å². The van der Waals surface area contributed by atoms with Gasteiger partial charge in [0.25, 0.3) is 0 Å². The van der Waals surface area contributed by atoms with E-state index in [0.717, 1.165) is 23.3 Å². The van der Waals surface area contributed by atoms with E-state index < -0.39 is 0 Å². The maximum Gasteiger partial charge on any atom is 0.105 e. The molecule has 1 aromatic carbocycles. The summed E-state index contributed by atoms with van der Waals surface area (Å²) in [5, 5.41) is 1.17. The quantitative estimate of drug-likeness (QED) is 0.669. The van der Waals surface area contributed by atoms with E-state index in [1.807, 2.05) is 31.2 Å². The Morgan fingerprint density at radius 3 is 2.59 bits per heavy atom. The summed E-state index contributed by atoms with van der Waals surface area (Å²) in [6.07, 6.45) is 2.55. The van der Waals surface area contributed by atoms with Crippen molar-refractivity contribution >= 4 is 39.1 Å². The van der Waals surface area contributed by atoms with Gasteiger partial charge in [0.1, 0.15) is 5.76 Å². The molecule has 0 spiro atoms. The van der Waals surface area contributed by atoms with E-state index in [1.54, 1.807) is 6.26 Å². The van der Waals surface area contributed by atoms with Gasteiger partial charge >= 0.3 is 0 Å². The summed E-state index contributed by atoms with van der Waals surface area (Å²) >= 11 is 15.5. The second-order valence-corrected chi connectivity index (χ2v) is 5.77. The molecule has 1 nitrogen and oxygen atoms in total. The molecule has 4 heteroatoms. The molecule has 0 saturated carbocycles. The van der Waals surface area contributed by atoms with Crippen LogP contribution in [-0.4, -0.2) is 0 Å². The van der Waals surface area contributed by atoms with Gasteiger partial charge in [0.05, 0.1) is 16.3 Å². The molecule has 0 amide bonds. The van der Waals surface area contributed by atoms with Gasteiger partial charge < -0.3 is 4.42 Å². The molecule has 1 heterocycles. The van der Waals surface area contributed by atoms with Crippen molar-refractivity contribution in [2.45, 2.75) is 18.2 Å². The molecule has 1 aromatic heterocycles. The lowest BCUT2D eigenvalue weighted by molar-refractivity contribution is 0.529. The minimum atomic E-state index is 0.221. The number of hydrogen-bond acceptors (Lipinski definition) is 1. The summed E-state index contributed by atoms with van der Waals surface area (Å²) in [4.78, 5) is 0.221. The number of halogens is 3. The lowest BCUT2D eigenvalue weighted by Gasteiger charge is -2.09. The second-order valence-electron chi connectivity index (χ2n) is 3.85. The van der Waals surface area contributed by atoms with Gasteiger partial charge in [-0.05, 0) is 37.1 Å². The number of rotatable bonds is 3. The van der Waals surface area contributed by atoms with E-state index in [9.17, 15) is 0 Å². The van der Waals surface area contributed by atoms with Crippen LogP contribution in [0.15, 0.2) is 34.9 Å². The highest BCUT2D eigenvalue weighted by atomic mass is 79.9. The van der Waals surface area contributed by atoms with Crippen LogP contribution in [0.4, 0.5) is 0 Å². The van der Waals surface area contributed by atoms with Crippen LogP contribution in [0.1, 0.15) is 21.7 Å². The summed E-state index contributed by atoms with van der Waals surface area (Å²) in [6.45, 7) is 1.96. The predicted octanol–water partition coefficient (Wildman–Crippen LogP) is 5.57. The molecule has 0 radical (unpaired) electrons. The molecule has 0 aliphatic heterocycles.